The van der Waals surface area contributed by atoms with Crippen molar-refractivity contribution in [2.24, 2.45) is 4.99 Å². The number of methoxy groups -OCH3 is 1. The van der Waals surface area contributed by atoms with Crippen LogP contribution in [0.4, 0.5) is 0 Å². The Hall–Kier alpha value is -4.14. The second-order valence-electron chi connectivity index (χ2n) is 9.48. The highest BCUT2D eigenvalue weighted by atomic mass is 35.5. The van der Waals surface area contributed by atoms with Crippen LogP contribution in [0.3, 0.4) is 0 Å². The lowest BCUT2D eigenvalue weighted by Gasteiger charge is -2.24. The normalized spacial score (nSPS) is 14.9. The monoisotopic (exact) mass is 588 g/mol. The van der Waals surface area contributed by atoms with Crippen LogP contribution in [0.1, 0.15) is 42.1 Å². The van der Waals surface area contributed by atoms with E-state index >= 15 is 0 Å². The number of carbonyl (C=O) groups excluding carboxylic acids is 1. The van der Waals surface area contributed by atoms with E-state index in [-0.39, 0.29) is 12.2 Å². The van der Waals surface area contributed by atoms with Gasteiger partial charge in [-0.25, -0.2) is 9.79 Å². The van der Waals surface area contributed by atoms with Gasteiger partial charge < -0.3 is 14.2 Å². The second kappa shape index (κ2) is 12.2. The summed E-state index contributed by atoms with van der Waals surface area (Å²) in [5.74, 6) is 0.981. The van der Waals surface area contributed by atoms with Crippen LogP contribution in [-0.2, 0) is 16.1 Å². The van der Waals surface area contributed by atoms with E-state index in [9.17, 15) is 9.59 Å². The molecule has 1 atom stereocenters. The molecular formula is C32H29ClN2O5S. The van der Waals surface area contributed by atoms with Crippen LogP contribution >= 0.6 is 22.9 Å². The summed E-state index contributed by atoms with van der Waals surface area (Å²) in [5, 5.41) is 0.557. The van der Waals surface area contributed by atoms with E-state index in [1.807, 2.05) is 67.6 Å². The SMILES string of the molecule is CCOC(=O)C1=C(C)N=c2s/c(=C/c3ccc(OC)c(COc4ccccc4C)c3)c(=O)n2[C@H]1c1ccc(Cl)cc1. The molecule has 210 valence electrons. The maximum absolute atomic E-state index is 13.9. The Bertz CT molecular complexity index is 1820. The Morgan fingerprint density at radius 2 is 1.83 bits per heavy atom. The van der Waals surface area contributed by atoms with Crippen molar-refractivity contribution in [1.29, 1.82) is 0 Å². The van der Waals surface area contributed by atoms with Crippen LogP contribution in [0.25, 0.3) is 6.08 Å². The molecule has 1 aliphatic heterocycles. The fourth-order valence-electron chi connectivity index (χ4n) is 4.78. The highest BCUT2D eigenvalue weighted by Gasteiger charge is 2.33. The summed E-state index contributed by atoms with van der Waals surface area (Å²) in [6.45, 7) is 6.01. The summed E-state index contributed by atoms with van der Waals surface area (Å²) in [6.07, 6.45) is 1.82. The molecule has 0 bridgehead atoms. The predicted molar refractivity (Wildman–Crippen MR) is 160 cm³/mol. The molecule has 0 aliphatic carbocycles. The zero-order valence-corrected chi connectivity index (χ0v) is 24.7. The van der Waals surface area contributed by atoms with Gasteiger partial charge >= 0.3 is 5.97 Å². The van der Waals surface area contributed by atoms with Crippen molar-refractivity contribution in [3.05, 3.63) is 125 Å². The van der Waals surface area contributed by atoms with Gasteiger partial charge in [0.2, 0.25) is 0 Å². The Labute approximate surface area is 246 Å². The summed E-state index contributed by atoms with van der Waals surface area (Å²) < 4.78 is 19.0. The van der Waals surface area contributed by atoms with Crippen LogP contribution in [0.15, 0.2) is 87.8 Å². The number of aromatic nitrogens is 1. The molecule has 0 fully saturated rings. The van der Waals surface area contributed by atoms with E-state index in [4.69, 9.17) is 25.8 Å². The molecule has 0 saturated carbocycles. The summed E-state index contributed by atoms with van der Waals surface area (Å²) >= 11 is 7.41. The van der Waals surface area contributed by atoms with Crippen LogP contribution in [-0.4, -0.2) is 24.3 Å². The molecule has 2 heterocycles. The molecule has 4 aromatic rings. The van der Waals surface area contributed by atoms with Gasteiger partial charge in [0.15, 0.2) is 4.80 Å². The standard InChI is InChI=1S/C32H29ClN2O5S/c1-5-39-31(37)28-20(3)34-32-35(29(28)22-11-13-24(33)14-12-22)30(36)27(41-32)17-21-10-15-26(38-4)23(16-21)18-40-25-9-7-6-8-19(25)2/h6-17,29H,5,18H2,1-4H3/b27-17+/t29-/m0/s1. The number of aryl methyl sites for hydroxylation is 1. The zero-order valence-electron chi connectivity index (χ0n) is 23.1. The van der Waals surface area contributed by atoms with E-state index in [0.717, 1.165) is 28.0 Å². The third-order valence-corrected chi connectivity index (χ3v) is 8.02. The number of ether oxygens (including phenoxy) is 3. The Balaban J connectivity index is 1.58. The number of allylic oxidation sites excluding steroid dienone is 1. The average Bonchev–Trinajstić information content (AvgIpc) is 3.26. The molecule has 5 rings (SSSR count). The van der Waals surface area contributed by atoms with Crippen LogP contribution in [0, 0.1) is 6.92 Å². The molecule has 0 unspecified atom stereocenters. The van der Waals surface area contributed by atoms with Crippen molar-refractivity contribution in [2.45, 2.75) is 33.4 Å². The van der Waals surface area contributed by atoms with Gasteiger partial charge in [-0.15, -0.1) is 0 Å². The molecule has 0 N–H and O–H groups in total. The van der Waals surface area contributed by atoms with Gasteiger partial charge in [-0.3, -0.25) is 9.36 Å². The van der Waals surface area contributed by atoms with Gasteiger partial charge in [0, 0.05) is 10.6 Å². The Kier molecular flexibility index (Phi) is 8.42. The molecule has 9 heteroatoms. The smallest absolute Gasteiger partial charge is 0.338 e. The number of hydrogen-bond acceptors (Lipinski definition) is 7. The number of halogens is 1. The van der Waals surface area contributed by atoms with E-state index in [0.29, 0.717) is 38.0 Å². The molecule has 7 nitrogen and oxygen atoms in total. The number of hydrogen-bond donors (Lipinski definition) is 0. The first-order valence-corrected chi connectivity index (χ1v) is 14.3. The van der Waals surface area contributed by atoms with Gasteiger partial charge in [-0.2, -0.15) is 0 Å². The van der Waals surface area contributed by atoms with Gasteiger partial charge in [0.05, 0.1) is 35.6 Å². The first-order chi connectivity index (χ1) is 19.8. The van der Waals surface area contributed by atoms with Crippen molar-refractivity contribution < 1.29 is 19.0 Å². The predicted octanol–water partition coefficient (Wildman–Crippen LogP) is 5.35. The molecular weight excluding hydrogens is 560 g/mol. The lowest BCUT2D eigenvalue weighted by atomic mass is 9.96. The van der Waals surface area contributed by atoms with Gasteiger partial charge in [-0.05, 0) is 73.9 Å². The highest BCUT2D eigenvalue weighted by molar-refractivity contribution is 7.07. The zero-order chi connectivity index (χ0) is 29.1. The van der Waals surface area contributed by atoms with Gasteiger partial charge in [0.25, 0.3) is 5.56 Å². The van der Waals surface area contributed by atoms with Gasteiger partial charge in [-0.1, -0.05) is 59.3 Å². The lowest BCUT2D eigenvalue weighted by Crippen LogP contribution is -2.39. The molecule has 1 aliphatic rings. The van der Waals surface area contributed by atoms with E-state index in [1.54, 1.807) is 37.7 Å². The lowest BCUT2D eigenvalue weighted by molar-refractivity contribution is -0.139. The number of para-hydroxylation sites is 1. The number of fused-ring (bicyclic) bond motifs is 1. The van der Waals surface area contributed by atoms with Crippen LogP contribution < -0.4 is 24.4 Å². The van der Waals surface area contributed by atoms with Gasteiger partial charge in [0.1, 0.15) is 18.1 Å². The Morgan fingerprint density at radius 1 is 1.07 bits per heavy atom. The van der Waals surface area contributed by atoms with Crippen LogP contribution in [0.5, 0.6) is 11.5 Å². The van der Waals surface area contributed by atoms with Crippen molar-refractivity contribution in [2.75, 3.05) is 13.7 Å². The Morgan fingerprint density at radius 3 is 2.54 bits per heavy atom. The number of carbonyl (C=O) groups is 1. The second-order valence-corrected chi connectivity index (χ2v) is 10.9. The molecule has 0 spiro atoms. The molecule has 41 heavy (non-hydrogen) atoms. The fraction of sp³-hybridized carbons (Fsp3) is 0.219. The average molecular weight is 589 g/mol. The number of benzene rings is 3. The number of esters is 1. The maximum atomic E-state index is 13.9. The molecule has 1 aromatic heterocycles. The summed E-state index contributed by atoms with van der Waals surface area (Å²) in [5.41, 5.74) is 4.01. The highest BCUT2D eigenvalue weighted by Crippen LogP contribution is 2.31. The first-order valence-electron chi connectivity index (χ1n) is 13.1. The minimum absolute atomic E-state index is 0.209. The van der Waals surface area contributed by atoms with Crippen molar-refractivity contribution in [1.82, 2.24) is 4.57 Å². The maximum Gasteiger partial charge on any atom is 0.338 e. The van der Waals surface area contributed by atoms with E-state index in [1.165, 1.54) is 11.3 Å². The third-order valence-electron chi connectivity index (χ3n) is 6.78. The number of thiazole rings is 1. The minimum atomic E-state index is -0.696. The van der Waals surface area contributed by atoms with Crippen molar-refractivity contribution in [3.63, 3.8) is 0 Å². The van der Waals surface area contributed by atoms with Crippen LogP contribution in [0.2, 0.25) is 5.02 Å². The third kappa shape index (κ3) is 5.85. The summed E-state index contributed by atoms with van der Waals surface area (Å²) in [6, 6.07) is 19.9. The summed E-state index contributed by atoms with van der Waals surface area (Å²) in [7, 11) is 1.62. The quantitative estimate of drug-likeness (QED) is 0.259. The minimum Gasteiger partial charge on any atom is -0.496 e. The topological polar surface area (TPSA) is 79.1 Å². The summed E-state index contributed by atoms with van der Waals surface area (Å²) in [4.78, 5) is 32.1. The molecule has 0 amide bonds. The van der Waals surface area contributed by atoms with Crippen molar-refractivity contribution >= 4 is 35.0 Å². The van der Waals surface area contributed by atoms with E-state index < -0.39 is 12.0 Å². The number of nitrogens with zero attached hydrogens (tertiary/aromatic N) is 2. The molecule has 0 saturated heterocycles. The van der Waals surface area contributed by atoms with E-state index in [2.05, 4.69) is 4.99 Å². The molecule has 0 radical (unpaired) electrons. The number of rotatable bonds is 8. The largest absolute Gasteiger partial charge is 0.496 e. The first kappa shape index (κ1) is 28.4. The fourth-order valence-corrected chi connectivity index (χ4v) is 5.95. The molecule has 3 aromatic carbocycles. The van der Waals surface area contributed by atoms with Crippen molar-refractivity contribution in [3.8, 4) is 11.5 Å².